The maximum absolute atomic E-state index is 12.9. The summed E-state index contributed by atoms with van der Waals surface area (Å²) in [5, 5.41) is 1.11. The summed E-state index contributed by atoms with van der Waals surface area (Å²) in [5.41, 5.74) is 1.75. The van der Waals surface area contributed by atoms with Crippen LogP contribution in [0.25, 0.3) is 0 Å². The monoisotopic (exact) mass is 416 g/mol. The van der Waals surface area contributed by atoms with Gasteiger partial charge < -0.3 is 4.90 Å². The van der Waals surface area contributed by atoms with Gasteiger partial charge in [-0.1, -0.05) is 35.9 Å². The van der Waals surface area contributed by atoms with Gasteiger partial charge in [-0.3, -0.25) is 4.57 Å². The number of benzene rings is 2. The van der Waals surface area contributed by atoms with Crippen LogP contribution in [0, 0.1) is 5.82 Å². The topological polar surface area (TPSA) is 51.0 Å². The molecule has 0 saturated carbocycles. The Hall–Kier alpha value is -2.38. The van der Waals surface area contributed by atoms with Crippen molar-refractivity contribution < 1.29 is 4.39 Å². The Labute approximate surface area is 171 Å². The van der Waals surface area contributed by atoms with Gasteiger partial charge in [0.25, 0.3) is 0 Å². The Morgan fingerprint density at radius 3 is 2.43 bits per heavy atom. The molecule has 8 heteroatoms. The zero-order valence-electron chi connectivity index (χ0n) is 15.0. The van der Waals surface area contributed by atoms with Crippen molar-refractivity contribution in [1.29, 1.82) is 0 Å². The maximum atomic E-state index is 12.9. The van der Waals surface area contributed by atoms with E-state index in [0.717, 1.165) is 30.0 Å². The number of hydrogen-bond acceptors (Lipinski definition) is 5. The van der Waals surface area contributed by atoms with Gasteiger partial charge in [-0.15, -0.1) is 0 Å². The molecule has 0 bridgehead atoms. The van der Waals surface area contributed by atoms with Crippen molar-refractivity contribution in [3.63, 3.8) is 0 Å². The van der Waals surface area contributed by atoms with Gasteiger partial charge in [0, 0.05) is 29.1 Å². The van der Waals surface area contributed by atoms with Crippen molar-refractivity contribution >= 4 is 29.3 Å². The summed E-state index contributed by atoms with van der Waals surface area (Å²) in [7, 11) is 0. The van der Waals surface area contributed by atoms with E-state index in [0.29, 0.717) is 22.8 Å². The van der Waals surface area contributed by atoms with Gasteiger partial charge in [0.1, 0.15) is 12.1 Å². The molecule has 3 aromatic rings. The van der Waals surface area contributed by atoms with E-state index >= 15 is 0 Å². The molecule has 0 amide bonds. The Morgan fingerprint density at radius 2 is 1.75 bits per heavy atom. The first-order valence-corrected chi connectivity index (χ1v) is 10.3. The summed E-state index contributed by atoms with van der Waals surface area (Å²) in [5.74, 6) is 1.09. The zero-order valence-corrected chi connectivity index (χ0v) is 16.5. The molecule has 5 nitrogen and oxygen atoms in total. The molecule has 1 fully saturated rings. The van der Waals surface area contributed by atoms with Crippen LogP contribution >= 0.6 is 23.4 Å². The van der Waals surface area contributed by atoms with Crippen molar-refractivity contribution in [1.82, 2.24) is 14.5 Å². The van der Waals surface area contributed by atoms with Gasteiger partial charge in [-0.2, -0.15) is 16.7 Å². The van der Waals surface area contributed by atoms with Gasteiger partial charge in [0.2, 0.25) is 5.95 Å². The molecule has 1 aliphatic rings. The predicted molar refractivity (Wildman–Crippen MR) is 111 cm³/mol. The van der Waals surface area contributed by atoms with Crippen molar-refractivity contribution in [3.8, 4) is 0 Å². The van der Waals surface area contributed by atoms with E-state index in [1.165, 1.54) is 23.0 Å². The van der Waals surface area contributed by atoms with Gasteiger partial charge in [-0.25, -0.2) is 14.2 Å². The minimum atomic E-state index is -0.317. The lowest BCUT2D eigenvalue weighted by atomic mass is 10.2. The van der Waals surface area contributed by atoms with Crippen LogP contribution in [-0.4, -0.2) is 32.9 Å². The fraction of sp³-hybridized carbons (Fsp3) is 0.250. The molecule has 0 unspecified atom stereocenters. The molecule has 0 radical (unpaired) electrons. The maximum Gasteiger partial charge on any atom is 0.352 e. The highest BCUT2D eigenvalue weighted by atomic mass is 35.5. The molecule has 0 atom stereocenters. The van der Waals surface area contributed by atoms with E-state index in [9.17, 15) is 9.18 Å². The molecule has 1 aliphatic heterocycles. The number of thioether (sulfide) groups is 1. The van der Waals surface area contributed by atoms with E-state index in [1.807, 2.05) is 40.9 Å². The first-order chi connectivity index (χ1) is 13.6. The molecule has 0 aliphatic carbocycles. The Morgan fingerprint density at radius 1 is 1.07 bits per heavy atom. The van der Waals surface area contributed by atoms with Gasteiger partial charge in [0.05, 0.1) is 6.54 Å². The highest BCUT2D eigenvalue weighted by Crippen LogP contribution is 2.27. The third-order valence-corrected chi connectivity index (χ3v) is 6.07. The first-order valence-electron chi connectivity index (χ1n) is 8.86. The summed E-state index contributed by atoms with van der Waals surface area (Å²) in [6, 6.07) is 13.9. The zero-order chi connectivity index (χ0) is 19.5. The lowest BCUT2D eigenvalue weighted by Crippen LogP contribution is -2.50. The van der Waals surface area contributed by atoms with Gasteiger partial charge >= 0.3 is 5.69 Å². The summed E-state index contributed by atoms with van der Waals surface area (Å²) >= 11 is 7.70. The van der Waals surface area contributed by atoms with E-state index in [2.05, 4.69) is 9.97 Å². The highest BCUT2D eigenvalue weighted by Gasteiger charge is 2.29. The van der Waals surface area contributed by atoms with Gasteiger partial charge in [0.15, 0.2) is 0 Å². The average Bonchev–Trinajstić information content (AvgIpc) is 2.66. The lowest BCUT2D eigenvalue weighted by molar-refractivity contribution is 0.599. The normalized spacial score (nSPS) is 14.1. The minimum Gasteiger partial charge on any atom is -0.338 e. The minimum absolute atomic E-state index is 0.216. The third-order valence-electron chi connectivity index (χ3n) is 4.55. The number of hydrogen-bond donors (Lipinski definition) is 0. The molecule has 4 rings (SSSR count). The van der Waals surface area contributed by atoms with Gasteiger partial charge in [-0.05, 0) is 35.4 Å². The number of aromatic nitrogens is 3. The van der Waals surface area contributed by atoms with Crippen LogP contribution in [0.5, 0.6) is 0 Å². The molecule has 1 saturated heterocycles. The summed E-state index contributed by atoms with van der Waals surface area (Å²) in [6.45, 7) is 2.01. The highest BCUT2D eigenvalue weighted by molar-refractivity contribution is 7.99. The SMILES string of the molecule is O=c1nc(N2CC(SCc3ccc(F)cc3)C2)ncn1Cc1ccc(Cl)cc1. The van der Waals surface area contributed by atoms with E-state index < -0.39 is 0 Å². The molecular weight excluding hydrogens is 399 g/mol. The number of halogens is 2. The van der Waals surface area contributed by atoms with Crippen molar-refractivity contribution in [3.05, 3.63) is 87.3 Å². The molecule has 2 aromatic carbocycles. The van der Waals surface area contributed by atoms with Crippen LogP contribution in [0.1, 0.15) is 11.1 Å². The fourth-order valence-electron chi connectivity index (χ4n) is 2.90. The van der Waals surface area contributed by atoms with Crippen molar-refractivity contribution in [2.75, 3.05) is 18.0 Å². The van der Waals surface area contributed by atoms with Crippen LogP contribution in [0.4, 0.5) is 10.3 Å². The number of nitrogens with zero attached hydrogens (tertiary/aromatic N) is 4. The first kappa shape index (κ1) is 19.0. The fourth-order valence-corrected chi connectivity index (χ4v) is 4.22. The standard InChI is InChI=1S/C20H18ClFN4OS/c21-16-5-1-14(2-6-16)9-26-13-23-19(24-20(26)27)25-10-18(11-25)28-12-15-3-7-17(22)8-4-15/h1-8,13,18H,9-12H2. The van der Waals surface area contributed by atoms with Crippen LogP contribution in [0.2, 0.25) is 5.02 Å². The van der Waals surface area contributed by atoms with Crippen LogP contribution in [-0.2, 0) is 12.3 Å². The molecule has 1 aromatic heterocycles. The van der Waals surface area contributed by atoms with Crippen molar-refractivity contribution in [2.45, 2.75) is 17.5 Å². The van der Waals surface area contributed by atoms with Crippen LogP contribution in [0.15, 0.2) is 59.7 Å². The summed E-state index contributed by atoms with van der Waals surface area (Å²) < 4.78 is 14.4. The number of rotatable bonds is 6. The Kier molecular flexibility index (Phi) is 5.64. The van der Waals surface area contributed by atoms with E-state index in [-0.39, 0.29) is 11.5 Å². The Balaban J connectivity index is 1.31. The van der Waals surface area contributed by atoms with E-state index in [4.69, 9.17) is 11.6 Å². The largest absolute Gasteiger partial charge is 0.352 e. The Bertz CT molecular complexity index is 1000. The molecule has 0 spiro atoms. The molecule has 28 heavy (non-hydrogen) atoms. The second-order valence-corrected chi connectivity index (χ2v) is 8.38. The molecular formula is C20H18ClFN4OS. The number of anilines is 1. The van der Waals surface area contributed by atoms with Crippen LogP contribution < -0.4 is 10.6 Å². The smallest absolute Gasteiger partial charge is 0.338 e. The molecule has 0 N–H and O–H groups in total. The molecule has 144 valence electrons. The lowest BCUT2D eigenvalue weighted by Gasteiger charge is -2.38. The second-order valence-electron chi connectivity index (χ2n) is 6.66. The second kappa shape index (κ2) is 8.32. The van der Waals surface area contributed by atoms with Crippen molar-refractivity contribution in [2.24, 2.45) is 0 Å². The quantitative estimate of drug-likeness (QED) is 0.614. The summed E-state index contributed by atoms with van der Waals surface area (Å²) in [6.07, 6.45) is 1.54. The molecule has 2 heterocycles. The third kappa shape index (κ3) is 4.54. The average molecular weight is 417 g/mol. The predicted octanol–water partition coefficient (Wildman–Crippen LogP) is 3.60. The summed E-state index contributed by atoms with van der Waals surface area (Å²) in [4.78, 5) is 22.8. The van der Waals surface area contributed by atoms with Crippen LogP contribution in [0.3, 0.4) is 0 Å². The van der Waals surface area contributed by atoms with E-state index in [1.54, 1.807) is 12.1 Å².